The normalized spacial score (nSPS) is 17.9. The number of anilines is 1. The lowest BCUT2D eigenvalue weighted by molar-refractivity contribution is -0.438. The Morgan fingerprint density at radius 3 is 2.32 bits per heavy atom. The smallest absolute Gasteiger partial charge is 0.219 e. The molecule has 0 bridgehead atoms. The summed E-state index contributed by atoms with van der Waals surface area (Å²) in [5.74, 6) is 0.805. The van der Waals surface area contributed by atoms with E-state index >= 15 is 0 Å². The number of unbranched alkanes of at least 4 members (excludes halogenated alkanes) is 2. The average Bonchev–Trinajstić information content (AvgIpc) is 3.30. The minimum absolute atomic E-state index is 0.0291. The quantitative estimate of drug-likeness (QED) is 0.143. The highest BCUT2D eigenvalue weighted by Gasteiger charge is 2.44. The third-order valence-electron chi connectivity index (χ3n) is 9.47. The fraction of sp³-hybridized carbons (Fsp3) is 0.500. The van der Waals surface area contributed by atoms with Crippen LogP contribution in [-0.4, -0.2) is 35.8 Å². The molecule has 1 N–H and O–H groups in total. The Kier molecular flexibility index (Phi) is 10.8. The second-order valence-corrected chi connectivity index (χ2v) is 14.2. The summed E-state index contributed by atoms with van der Waals surface area (Å²) in [6.07, 6.45) is 15.9. The van der Waals surface area contributed by atoms with Gasteiger partial charge in [0, 0.05) is 60.4 Å². The Morgan fingerprint density at radius 2 is 1.61 bits per heavy atom. The van der Waals surface area contributed by atoms with Gasteiger partial charge in [0.25, 0.3) is 0 Å². The van der Waals surface area contributed by atoms with Crippen molar-refractivity contribution in [1.29, 1.82) is 0 Å². The number of amides is 1. The van der Waals surface area contributed by atoms with Crippen LogP contribution in [0.5, 0.6) is 0 Å². The zero-order valence-electron chi connectivity index (χ0n) is 28.9. The van der Waals surface area contributed by atoms with Crippen LogP contribution >= 0.6 is 0 Å². The molecule has 4 rings (SSSR count). The van der Waals surface area contributed by atoms with Crippen LogP contribution in [0.15, 0.2) is 72.5 Å². The highest BCUT2D eigenvalue weighted by atomic mass is 16.1. The number of fused-ring (bicyclic) bond motifs is 2. The van der Waals surface area contributed by atoms with Crippen molar-refractivity contribution >= 4 is 23.0 Å². The van der Waals surface area contributed by atoms with Crippen molar-refractivity contribution in [3.05, 3.63) is 94.7 Å². The summed E-state index contributed by atoms with van der Waals surface area (Å²) in [6.45, 7) is 23.0. The standard InChI is InChI=1S/C40H55N3O/c1-10-42-34-22-20-30(4)27-32(34)39(6,7)36(42)17-13-11-14-18-37-40(8,9)33-28-31(5)21-23-35(33)43(37)26-16-12-15-19-38(44)41-25-24-29(2)3/h11,13-14,17-18,20-23,27-29H,10,12,15-16,19,24-26H2,1-9H3/p+1. The molecule has 2 aliphatic heterocycles. The second-order valence-electron chi connectivity index (χ2n) is 14.2. The molecule has 0 saturated heterocycles. The highest BCUT2D eigenvalue weighted by molar-refractivity contribution is 6.03. The van der Waals surface area contributed by atoms with E-state index in [1.165, 1.54) is 45.0 Å². The topological polar surface area (TPSA) is 35.4 Å². The Balaban J connectivity index is 1.48. The van der Waals surface area contributed by atoms with E-state index in [2.05, 4.69) is 144 Å². The first kappa shape index (κ1) is 33.5. The first-order valence-electron chi connectivity index (χ1n) is 16.8. The van der Waals surface area contributed by atoms with Crippen molar-refractivity contribution in [1.82, 2.24) is 5.32 Å². The van der Waals surface area contributed by atoms with Gasteiger partial charge in [-0.2, -0.15) is 4.58 Å². The van der Waals surface area contributed by atoms with E-state index in [1.54, 1.807) is 0 Å². The lowest BCUT2D eigenvalue weighted by atomic mass is 9.81. The molecule has 0 aliphatic carbocycles. The molecule has 2 heterocycles. The zero-order chi connectivity index (χ0) is 32.1. The maximum Gasteiger partial charge on any atom is 0.219 e. The number of allylic oxidation sites excluding steroid dienone is 6. The molecule has 0 unspecified atom stereocenters. The summed E-state index contributed by atoms with van der Waals surface area (Å²) in [4.78, 5) is 14.7. The average molecular weight is 595 g/mol. The van der Waals surface area contributed by atoms with E-state index in [4.69, 9.17) is 0 Å². The molecular weight excluding hydrogens is 538 g/mol. The zero-order valence-corrected chi connectivity index (χ0v) is 28.9. The van der Waals surface area contributed by atoms with Gasteiger partial charge in [-0.15, -0.1) is 0 Å². The fourth-order valence-corrected chi connectivity index (χ4v) is 6.84. The molecule has 0 saturated carbocycles. The summed E-state index contributed by atoms with van der Waals surface area (Å²) in [7, 11) is 0. The first-order chi connectivity index (χ1) is 20.9. The van der Waals surface area contributed by atoms with E-state index < -0.39 is 0 Å². The van der Waals surface area contributed by atoms with Gasteiger partial charge in [-0.05, 0) is 83.6 Å². The van der Waals surface area contributed by atoms with Crippen molar-refractivity contribution in [2.24, 2.45) is 5.92 Å². The van der Waals surface area contributed by atoms with Crippen LogP contribution in [0.25, 0.3) is 0 Å². The van der Waals surface area contributed by atoms with Gasteiger partial charge in [-0.1, -0.05) is 75.2 Å². The number of likely N-dealkylation sites (N-methyl/N-ethyl adjacent to an activating group) is 1. The molecular formula is C40H56N3O+. The van der Waals surface area contributed by atoms with Crippen LogP contribution in [0.4, 0.5) is 11.4 Å². The number of nitrogens with one attached hydrogen (secondary N) is 1. The number of nitrogens with zero attached hydrogens (tertiary/aromatic N) is 2. The number of hydrogen-bond acceptors (Lipinski definition) is 2. The molecule has 0 aromatic heterocycles. The SMILES string of the molecule is CCN1\C(=C/C=C/C=C/C2=[N+](CCCCCC(=O)NCCC(C)C)c3ccc(C)cc3C2(C)C)C(C)(C)c2cc(C)ccc21. The summed E-state index contributed by atoms with van der Waals surface area (Å²) in [5.41, 5.74) is 10.6. The van der Waals surface area contributed by atoms with Gasteiger partial charge in [-0.25, -0.2) is 0 Å². The van der Waals surface area contributed by atoms with Gasteiger partial charge in [0.05, 0.1) is 5.41 Å². The van der Waals surface area contributed by atoms with Gasteiger partial charge in [0.2, 0.25) is 11.6 Å². The molecule has 2 aromatic rings. The number of aryl methyl sites for hydroxylation is 2. The fourth-order valence-electron chi connectivity index (χ4n) is 6.84. The molecule has 44 heavy (non-hydrogen) atoms. The van der Waals surface area contributed by atoms with E-state index in [0.717, 1.165) is 45.3 Å². The lowest BCUT2D eigenvalue weighted by Crippen LogP contribution is -2.28. The van der Waals surface area contributed by atoms with Gasteiger partial charge >= 0.3 is 0 Å². The molecule has 0 fully saturated rings. The van der Waals surface area contributed by atoms with Crippen molar-refractivity contribution in [3.8, 4) is 0 Å². The number of carbonyl (C=O) groups is 1. The van der Waals surface area contributed by atoms with Crippen LogP contribution in [0, 0.1) is 19.8 Å². The van der Waals surface area contributed by atoms with Gasteiger partial charge in [0.1, 0.15) is 6.54 Å². The minimum atomic E-state index is -0.0770. The van der Waals surface area contributed by atoms with Crippen LogP contribution in [0.1, 0.15) is 103 Å². The monoisotopic (exact) mass is 594 g/mol. The maximum atomic E-state index is 12.2. The Labute approximate surface area is 267 Å². The Hall–Kier alpha value is -3.40. The van der Waals surface area contributed by atoms with Crippen molar-refractivity contribution in [2.45, 2.75) is 105 Å². The number of hydrogen-bond donors (Lipinski definition) is 1. The van der Waals surface area contributed by atoms with Crippen LogP contribution in [-0.2, 0) is 15.6 Å². The van der Waals surface area contributed by atoms with Gasteiger partial charge in [-0.3, -0.25) is 4.79 Å². The van der Waals surface area contributed by atoms with Crippen molar-refractivity contribution in [3.63, 3.8) is 0 Å². The van der Waals surface area contributed by atoms with Crippen LogP contribution in [0.3, 0.4) is 0 Å². The number of carbonyl (C=O) groups excluding carboxylic acids is 1. The first-order valence-corrected chi connectivity index (χ1v) is 16.8. The predicted octanol–water partition coefficient (Wildman–Crippen LogP) is 9.22. The van der Waals surface area contributed by atoms with Crippen molar-refractivity contribution < 1.29 is 9.37 Å². The van der Waals surface area contributed by atoms with Gasteiger partial charge < -0.3 is 10.2 Å². The van der Waals surface area contributed by atoms with Crippen molar-refractivity contribution in [2.75, 3.05) is 24.5 Å². The molecule has 0 spiro atoms. The molecule has 2 aliphatic rings. The Bertz CT molecular complexity index is 1470. The molecule has 1 amide bonds. The van der Waals surface area contributed by atoms with E-state index in [1.807, 2.05) is 0 Å². The summed E-state index contributed by atoms with van der Waals surface area (Å²) in [5, 5.41) is 3.07. The largest absolute Gasteiger partial charge is 0.356 e. The van der Waals surface area contributed by atoms with Crippen LogP contribution in [0.2, 0.25) is 0 Å². The lowest BCUT2D eigenvalue weighted by Gasteiger charge is -2.25. The second kappa shape index (κ2) is 14.1. The number of benzene rings is 2. The van der Waals surface area contributed by atoms with E-state index in [0.29, 0.717) is 12.3 Å². The maximum absolute atomic E-state index is 12.2. The molecule has 2 aromatic carbocycles. The molecule has 236 valence electrons. The summed E-state index contributed by atoms with van der Waals surface area (Å²) >= 11 is 0. The Morgan fingerprint density at radius 1 is 0.909 bits per heavy atom. The molecule has 4 heteroatoms. The minimum Gasteiger partial charge on any atom is -0.356 e. The molecule has 4 nitrogen and oxygen atoms in total. The van der Waals surface area contributed by atoms with E-state index in [9.17, 15) is 4.79 Å². The van der Waals surface area contributed by atoms with Gasteiger partial charge in [0.15, 0.2) is 5.71 Å². The third-order valence-corrected chi connectivity index (χ3v) is 9.47. The molecule has 0 atom stereocenters. The third kappa shape index (κ3) is 7.28. The van der Waals surface area contributed by atoms with Crippen LogP contribution < -0.4 is 10.2 Å². The highest BCUT2D eigenvalue weighted by Crippen LogP contribution is 2.48. The number of rotatable bonds is 13. The summed E-state index contributed by atoms with van der Waals surface area (Å²) < 4.78 is 2.51. The van der Waals surface area contributed by atoms with E-state index in [-0.39, 0.29) is 16.7 Å². The molecule has 0 radical (unpaired) electrons. The summed E-state index contributed by atoms with van der Waals surface area (Å²) in [6, 6.07) is 13.7. The predicted molar refractivity (Wildman–Crippen MR) is 189 cm³/mol.